The lowest BCUT2D eigenvalue weighted by atomic mass is 10.1. The van der Waals surface area contributed by atoms with Gasteiger partial charge in [0.25, 0.3) is 0 Å². The van der Waals surface area contributed by atoms with E-state index < -0.39 is 0 Å². The van der Waals surface area contributed by atoms with E-state index in [1.807, 2.05) is 12.1 Å². The molecule has 1 N–H and O–H groups in total. The molecular formula is C9H9IN2O. The van der Waals surface area contributed by atoms with Crippen LogP contribution in [0.5, 0.6) is 0 Å². The summed E-state index contributed by atoms with van der Waals surface area (Å²) in [7, 11) is 1.79. The summed E-state index contributed by atoms with van der Waals surface area (Å²) in [5.74, 6) is 0. The zero-order valence-electron chi connectivity index (χ0n) is 7.17. The van der Waals surface area contributed by atoms with E-state index in [1.165, 1.54) is 9.13 Å². The third-order valence-electron chi connectivity index (χ3n) is 2.06. The number of carbonyl (C=O) groups excluding carboxylic acids is 1. The highest BCUT2D eigenvalue weighted by molar-refractivity contribution is 14.1. The first kappa shape index (κ1) is 8.80. The Hall–Kier alpha value is -0.780. The zero-order chi connectivity index (χ0) is 9.42. The molecule has 1 aromatic carbocycles. The van der Waals surface area contributed by atoms with Gasteiger partial charge >= 0.3 is 6.03 Å². The minimum atomic E-state index is -0.0336. The summed E-state index contributed by atoms with van der Waals surface area (Å²) in [6.45, 7) is 0.692. The number of hydrogen-bond acceptors (Lipinski definition) is 1. The van der Waals surface area contributed by atoms with E-state index >= 15 is 0 Å². The molecule has 0 aliphatic carbocycles. The van der Waals surface area contributed by atoms with Crippen LogP contribution in [0.25, 0.3) is 0 Å². The zero-order valence-corrected chi connectivity index (χ0v) is 9.33. The summed E-state index contributed by atoms with van der Waals surface area (Å²) in [5.41, 5.74) is 2.11. The van der Waals surface area contributed by atoms with E-state index in [0.29, 0.717) is 6.54 Å². The molecule has 1 aliphatic heterocycles. The molecule has 0 radical (unpaired) electrons. The van der Waals surface area contributed by atoms with Crippen LogP contribution >= 0.6 is 22.6 Å². The molecule has 0 saturated heterocycles. The Morgan fingerprint density at radius 3 is 3.08 bits per heavy atom. The number of anilines is 1. The molecule has 2 amide bonds. The van der Waals surface area contributed by atoms with Crippen LogP contribution in [0, 0.1) is 3.57 Å². The number of carbonyl (C=O) groups is 1. The number of halogens is 1. The molecule has 0 fully saturated rings. The maximum atomic E-state index is 11.3. The predicted octanol–water partition coefficient (Wildman–Crippen LogP) is 2.27. The summed E-state index contributed by atoms with van der Waals surface area (Å²) in [5, 5.41) is 2.82. The smallest absolute Gasteiger partial charge is 0.321 e. The molecule has 1 aliphatic rings. The quantitative estimate of drug-likeness (QED) is 0.730. The highest BCUT2D eigenvalue weighted by Crippen LogP contribution is 2.23. The maximum Gasteiger partial charge on any atom is 0.321 e. The summed E-state index contributed by atoms with van der Waals surface area (Å²) in [4.78, 5) is 12.9. The van der Waals surface area contributed by atoms with E-state index in [1.54, 1.807) is 11.9 Å². The SMILES string of the molecule is CN1Cc2cc(I)ccc2NC1=O. The second-order valence-electron chi connectivity index (χ2n) is 3.09. The van der Waals surface area contributed by atoms with Crippen LogP contribution in [0.1, 0.15) is 5.56 Å². The number of rotatable bonds is 0. The van der Waals surface area contributed by atoms with Crippen molar-refractivity contribution >= 4 is 34.3 Å². The van der Waals surface area contributed by atoms with Crippen LogP contribution in [0.15, 0.2) is 18.2 Å². The van der Waals surface area contributed by atoms with Gasteiger partial charge in [-0.1, -0.05) is 0 Å². The van der Waals surface area contributed by atoms with Crippen molar-refractivity contribution in [3.63, 3.8) is 0 Å². The lowest BCUT2D eigenvalue weighted by molar-refractivity contribution is 0.218. The number of fused-ring (bicyclic) bond motifs is 1. The predicted molar refractivity (Wildman–Crippen MR) is 59.6 cm³/mol. The first-order valence-corrected chi connectivity index (χ1v) is 5.05. The second kappa shape index (κ2) is 3.17. The van der Waals surface area contributed by atoms with Gasteiger partial charge in [0, 0.05) is 22.8 Å². The molecular weight excluding hydrogens is 279 g/mol. The number of hydrogen-bond donors (Lipinski definition) is 1. The Morgan fingerprint density at radius 2 is 2.31 bits per heavy atom. The third-order valence-corrected chi connectivity index (χ3v) is 2.73. The van der Waals surface area contributed by atoms with Crippen molar-refractivity contribution in [3.05, 3.63) is 27.3 Å². The molecule has 0 atom stereocenters. The molecule has 4 heteroatoms. The third kappa shape index (κ3) is 1.63. The molecule has 2 rings (SSSR count). The molecule has 0 aromatic heterocycles. The standard InChI is InChI=1S/C9H9IN2O/c1-12-5-6-4-7(10)2-3-8(6)11-9(12)13/h2-4H,5H2,1H3,(H,11,13). The van der Waals surface area contributed by atoms with Gasteiger partial charge in [0.2, 0.25) is 0 Å². The van der Waals surface area contributed by atoms with Gasteiger partial charge in [0.1, 0.15) is 0 Å². The number of benzene rings is 1. The molecule has 68 valence electrons. The molecule has 1 heterocycles. The van der Waals surface area contributed by atoms with Crippen LogP contribution < -0.4 is 5.32 Å². The molecule has 1 aromatic rings. The monoisotopic (exact) mass is 288 g/mol. The topological polar surface area (TPSA) is 32.3 Å². The van der Waals surface area contributed by atoms with Crippen molar-refractivity contribution in [2.24, 2.45) is 0 Å². The maximum absolute atomic E-state index is 11.3. The lowest BCUT2D eigenvalue weighted by Gasteiger charge is -2.25. The Morgan fingerprint density at radius 1 is 1.54 bits per heavy atom. The van der Waals surface area contributed by atoms with Crippen molar-refractivity contribution in [2.75, 3.05) is 12.4 Å². The number of nitrogens with zero attached hydrogens (tertiary/aromatic N) is 1. The van der Waals surface area contributed by atoms with E-state index in [0.717, 1.165) is 5.69 Å². The minimum absolute atomic E-state index is 0.0336. The van der Waals surface area contributed by atoms with Gasteiger partial charge in [-0.3, -0.25) is 0 Å². The van der Waals surface area contributed by atoms with Gasteiger partial charge < -0.3 is 10.2 Å². The van der Waals surface area contributed by atoms with Crippen LogP contribution in [0.3, 0.4) is 0 Å². The Balaban J connectivity index is 2.42. The van der Waals surface area contributed by atoms with E-state index in [9.17, 15) is 4.79 Å². The first-order valence-electron chi connectivity index (χ1n) is 3.97. The van der Waals surface area contributed by atoms with Gasteiger partial charge in [0.15, 0.2) is 0 Å². The summed E-state index contributed by atoms with van der Waals surface area (Å²) >= 11 is 2.27. The van der Waals surface area contributed by atoms with Gasteiger partial charge in [-0.05, 0) is 46.4 Å². The molecule has 0 bridgehead atoms. The molecule has 0 unspecified atom stereocenters. The fraction of sp³-hybridized carbons (Fsp3) is 0.222. The van der Waals surface area contributed by atoms with Crippen LogP contribution in [-0.4, -0.2) is 18.0 Å². The van der Waals surface area contributed by atoms with Crippen molar-refractivity contribution in [1.82, 2.24) is 4.90 Å². The Labute approximate surface area is 90.3 Å². The summed E-state index contributed by atoms with van der Waals surface area (Å²) < 4.78 is 1.20. The fourth-order valence-corrected chi connectivity index (χ4v) is 1.91. The lowest BCUT2D eigenvalue weighted by Crippen LogP contribution is -2.35. The molecule has 13 heavy (non-hydrogen) atoms. The van der Waals surface area contributed by atoms with Crippen molar-refractivity contribution in [3.8, 4) is 0 Å². The highest BCUT2D eigenvalue weighted by Gasteiger charge is 2.18. The van der Waals surface area contributed by atoms with Gasteiger partial charge in [-0.15, -0.1) is 0 Å². The highest BCUT2D eigenvalue weighted by atomic mass is 127. The van der Waals surface area contributed by atoms with Crippen LogP contribution in [0.4, 0.5) is 10.5 Å². The number of nitrogens with one attached hydrogen (secondary N) is 1. The van der Waals surface area contributed by atoms with Gasteiger partial charge in [-0.25, -0.2) is 4.79 Å². The molecule has 3 nitrogen and oxygen atoms in total. The average molecular weight is 288 g/mol. The molecule has 0 spiro atoms. The van der Waals surface area contributed by atoms with E-state index in [4.69, 9.17) is 0 Å². The molecule has 0 saturated carbocycles. The number of urea groups is 1. The van der Waals surface area contributed by atoms with Crippen molar-refractivity contribution in [1.29, 1.82) is 0 Å². The Bertz CT molecular complexity index is 365. The van der Waals surface area contributed by atoms with E-state index in [-0.39, 0.29) is 6.03 Å². The van der Waals surface area contributed by atoms with Crippen LogP contribution in [0.2, 0.25) is 0 Å². The normalized spacial score (nSPS) is 15.2. The summed E-state index contributed by atoms with van der Waals surface area (Å²) in [6.07, 6.45) is 0. The van der Waals surface area contributed by atoms with Crippen molar-refractivity contribution in [2.45, 2.75) is 6.54 Å². The second-order valence-corrected chi connectivity index (χ2v) is 4.33. The summed E-state index contributed by atoms with van der Waals surface area (Å²) in [6, 6.07) is 5.99. The average Bonchev–Trinajstić information content (AvgIpc) is 2.08. The number of amides is 2. The van der Waals surface area contributed by atoms with Crippen molar-refractivity contribution < 1.29 is 4.79 Å². The first-order chi connectivity index (χ1) is 6.16. The minimum Gasteiger partial charge on any atom is -0.323 e. The van der Waals surface area contributed by atoms with Gasteiger partial charge in [0.05, 0.1) is 0 Å². The van der Waals surface area contributed by atoms with Crippen LogP contribution in [-0.2, 0) is 6.54 Å². The van der Waals surface area contributed by atoms with E-state index in [2.05, 4.69) is 34.0 Å². The fourth-order valence-electron chi connectivity index (χ4n) is 1.35. The largest absolute Gasteiger partial charge is 0.323 e. The Kier molecular flexibility index (Phi) is 2.15. The van der Waals surface area contributed by atoms with Gasteiger partial charge in [-0.2, -0.15) is 0 Å².